The van der Waals surface area contributed by atoms with Crippen LogP contribution in [-0.4, -0.2) is 16.7 Å². The van der Waals surface area contributed by atoms with E-state index in [-0.39, 0.29) is 6.71 Å². The molecule has 2 aliphatic rings. The second kappa shape index (κ2) is 7.07. The SMILES string of the molecule is c1cncc(-c2cc(-c3cccnc3)c3c4c2Oc2ccccc2B4c2ccccc2O3)c1. The van der Waals surface area contributed by atoms with Crippen LogP contribution in [-0.2, 0) is 0 Å². The molecule has 0 unspecified atom stereocenters. The van der Waals surface area contributed by atoms with Gasteiger partial charge in [-0.2, -0.15) is 0 Å². The van der Waals surface area contributed by atoms with E-state index in [1.54, 1.807) is 12.4 Å². The molecule has 4 heterocycles. The highest BCUT2D eigenvalue weighted by Gasteiger charge is 2.42. The Hall–Kier alpha value is -4.38. The molecule has 0 spiro atoms. The highest BCUT2D eigenvalue weighted by molar-refractivity contribution is 6.98. The Morgan fingerprint density at radius 2 is 1.09 bits per heavy atom. The van der Waals surface area contributed by atoms with Gasteiger partial charge in [-0.1, -0.05) is 48.5 Å². The minimum Gasteiger partial charge on any atom is -0.458 e. The van der Waals surface area contributed by atoms with Crippen LogP contribution in [0.4, 0.5) is 0 Å². The lowest BCUT2D eigenvalue weighted by Gasteiger charge is -2.35. The molecule has 2 aromatic heterocycles. The van der Waals surface area contributed by atoms with Crippen molar-refractivity contribution in [3.8, 4) is 45.3 Å². The van der Waals surface area contributed by atoms with Gasteiger partial charge in [-0.05, 0) is 41.3 Å². The van der Waals surface area contributed by atoms with Crippen molar-refractivity contribution in [2.75, 3.05) is 0 Å². The second-order valence-corrected chi connectivity index (χ2v) is 8.24. The zero-order chi connectivity index (χ0) is 21.8. The van der Waals surface area contributed by atoms with Crippen molar-refractivity contribution in [3.05, 3.63) is 104 Å². The summed E-state index contributed by atoms with van der Waals surface area (Å²) < 4.78 is 13.2. The predicted octanol–water partition coefficient (Wildman–Crippen LogP) is 4.54. The molecule has 5 heteroatoms. The van der Waals surface area contributed by atoms with Crippen molar-refractivity contribution < 1.29 is 9.47 Å². The van der Waals surface area contributed by atoms with Crippen molar-refractivity contribution >= 4 is 23.1 Å². The lowest BCUT2D eigenvalue weighted by atomic mass is 9.34. The van der Waals surface area contributed by atoms with Gasteiger partial charge in [0.25, 0.3) is 6.71 Å². The van der Waals surface area contributed by atoms with Crippen LogP contribution >= 0.6 is 0 Å². The fourth-order valence-electron chi connectivity index (χ4n) is 4.95. The van der Waals surface area contributed by atoms with Crippen LogP contribution in [0.15, 0.2) is 104 Å². The summed E-state index contributed by atoms with van der Waals surface area (Å²) in [6, 6.07) is 26.7. The van der Waals surface area contributed by atoms with E-state index >= 15 is 0 Å². The van der Waals surface area contributed by atoms with E-state index in [4.69, 9.17) is 9.47 Å². The highest BCUT2D eigenvalue weighted by atomic mass is 16.5. The molecule has 5 aromatic rings. The zero-order valence-corrected chi connectivity index (χ0v) is 17.6. The Kier molecular flexibility index (Phi) is 3.90. The zero-order valence-electron chi connectivity index (χ0n) is 17.6. The van der Waals surface area contributed by atoms with Gasteiger partial charge < -0.3 is 9.47 Å². The van der Waals surface area contributed by atoms with E-state index in [0.29, 0.717) is 0 Å². The smallest absolute Gasteiger partial charge is 0.260 e. The van der Waals surface area contributed by atoms with Crippen LogP contribution in [0.5, 0.6) is 23.0 Å². The van der Waals surface area contributed by atoms with Gasteiger partial charge >= 0.3 is 0 Å². The second-order valence-electron chi connectivity index (χ2n) is 8.24. The first kappa shape index (κ1) is 18.2. The fourth-order valence-corrected chi connectivity index (χ4v) is 4.95. The van der Waals surface area contributed by atoms with Gasteiger partial charge in [0.05, 0.1) is 0 Å². The first-order valence-electron chi connectivity index (χ1n) is 10.9. The molecule has 0 N–H and O–H groups in total. The van der Waals surface area contributed by atoms with E-state index in [9.17, 15) is 0 Å². The molecule has 0 fully saturated rings. The van der Waals surface area contributed by atoms with Crippen LogP contribution in [0.25, 0.3) is 22.3 Å². The van der Waals surface area contributed by atoms with Crippen molar-refractivity contribution in [2.45, 2.75) is 0 Å². The number of benzene rings is 3. The largest absolute Gasteiger partial charge is 0.458 e. The number of nitrogens with zero attached hydrogens (tertiary/aromatic N) is 2. The summed E-state index contributed by atoms with van der Waals surface area (Å²) in [6.07, 6.45) is 7.32. The standard InChI is InChI=1S/C28H17BN2O2/c1-3-11-24-22(9-1)29-23-10-2-4-12-25(23)33-28-21(19-8-6-14-31-17-19)15-20(27(32-24)26(28)29)18-7-5-13-30-16-18/h1-17H. The molecule has 0 radical (unpaired) electrons. The number of para-hydroxylation sites is 2. The van der Waals surface area contributed by atoms with E-state index in [1.165, 1.54) is 0 Å². The summed E-state index contributed by atoms with van der Waals surface area (Å²) in [5, 5.41) is 0. The van der Waals surface area contributed by atoms with Crippen molar-refractivity contribution in [1.82, 2.24) is 9.97 Å². The number of rotatable bonds is 2. The van der Waals surface area contributed by atoms with Gasteiger partial charge in [0.15, 0.2) is 0 Å². The summed E-state index contributed by atoms with van der Waals surface area (Å²) in [5.41, 5.74) is 7.30. The minimum atomic E-state index is 0.0111. The summed E-state index contributed by atoms with van der Waals surface area (Å²) >= 11 is 0. The van der Waals surface area contributed by atoms with Gasteiger partial charge in [-0.15, -0.1) is 0 Å². The summed E-state index contributed by atoms with van der Waals surface area (Å²) in [6.45, 7) is 0.0111. The number of hydrogen-bond acceptors (Lipinski definition) is 4. The highest BCUT2D eigenvalue weighted by Crippen LogP contribution is 2.45. The average Bonchev–Trinajstić information content (AvgIpc) is 2.89. The Morgan fingerprint density at radius 3 is 1.58 bits per heavy atom. The van der Waals surface area contributed by atoms with Gasteiger partial charge in [0, 0.05) is 52.5 Å². The van der Waals surface area contributed by atoms with Crippen LogP contribution in [0.1, 0.15) is 0 Å². The van der Waals surface area contributed by atoms with Crippen molar-refractivity contribution in [1.29, 1.82) is 0 Å². The molecular weight excluding hydrogens is 407 g/mol. The molecule has 4 nitrogen and oxygen atoms in total. The normalized spacial score (nSPS) is 12.7. The molecule has 0 amide bonds. The van der Waals surface area contributed by atoms with Gasteiger partial charge in [0.2, 0.25) is 0 Å². The molecule has 154 valence electrons. The third-order valence-corrected chi connectivity index (χ3v) is 6.39. The van der Waals surface area contributed by atoms with E-state index in [0.717, 1.165) is 61.6 Å². The Bertz CT molecular complexity index is 1410. The topological polar surface area (TPSA) is 44.2 Å². The van der Waals surface area contributed by atoms with Gasteiger partial charge in [-0.25, -0.2) is 0 Å². The van der Waals surface area contributed by atoms with Crippen molar-refractivity contribution in [3.63, 3.8) is 0 Å². The van der Waals surface area contributed by atoms with E-state index in [1.807, 2.05) is 48.8 Å². The number of pyridine rings is 2. The monoisotopic (exact) mass is 424 g/mol. The third kappa shape index (κ3) is 2.72. The van der Waals surface area contributed by atoms with E-state index < -0.39 is 0 Å². The molecule has 0 aliphatic carbocycles. The average molecular weight is 424 g/mol. The van der Waals surface area contributed by atoms with Crippen LogP contribution in [0, 0.1) is 0 Å². The number of aromatic nitrogens is 2. The quantitative estimate of drug-likeness (QED) is 0.383. The Morgan fingerprint density at radius 1 is 0.576 bits per heavy atom. The molecular formula is C28H17BN2O2. The summed E-state index contributed by atoms with van der Waals surface area (Å²) in [7, 11) is 0. The molecule has 33 heavy (non-hydrogen) atoms. The van der Waals surface area contributed by atoms with Crippen LogP contribution in [0.3, 0.4) is 0 Å². The molecule has 0 saturated carbocycles. The molecule has 7 rings (SSSR count). The minimum absolute atomic E-state index is 0.0111. The number of fused-ring (bicyclic) bond motifs is 4. The lowest BCUT2D eigenvalue weighted by Crippen LogP contribution is -2.57. The molecule has 3 aromatic carbocycles. The predicted molar refractivity (Wildman–Crippen MR) is 131 cm³/mol. The summed E-state index contributed by atoms with van der Waals surface area (Å²) in [4.78, 5) is 8.74. The maximum Gasteiger partial charge on any atom is 0.260 e. The van der Waals surface area contributed by atoms with E-state index in [2.05, 4.69) is 52.4 Å². The van der Waals surface area contributed by atoms with Gasteiger partial charge in [0.1, 0.15) is 23.0 Å². The first-order chi connectivity index (χ1) is 16.4. The first-order valence-corrected chi connectivity index (χ1v) is 10.9. The van der Waals surface area contributed by atoms with Crippen molar-refractivity contribution in [2.24, 2.45) is 0 Å². The number of ether oxygens (including phenoxy) is 2. The third-order valence-electron chi connectivity index (χ3n) is 6.39. The van der Waals surface area contributed by atoms with Gasteiger partial charge in [-0.3, -0.25) is 9.97 Å². The van der Waals surface area contributed by atoms with Crippen LogP contribution < -0.4 is 25.9 Å². The molecule has 2 aliphatic heterocycles. The lowest BCUT2D eigenvalue weighted by molar-refractivity contribution is 0.467. The molecule has 0 atom stereocenters. The Labute approximate surface area is 191 Å². The maximum absolute atomic E-state index is 6.59. The molecule has 0 saturated heterocycles. The van der Waals surface area contributed by atoms with Crippen LogP contribution in [0.2, 0.25) is 0 Å². The Balaban J connectivity index is 1.61. The maximum atomic E-state index is 6.59. The fraction of sp³-hybridized carbons (Fsp3) is 0. The molecule has 0 bridgehead atoms. The summed E-state index contributed by atoms with van der Waals surface area (Å²) in [5.74, 6) is 3.39. The number of hydrogen-bond donors (Lipinski definition) is 0.